The molecule has 0 aliphatic rings. The average Bonchev–Trinajstić information content (AvgIpc) is 2.17. The van der Waals surface area contributed by atoms with Crippen LogP contribution in [0.15, 0.2) is 12.1 Å². The van der Waals surface area contributed by atoms with Gasteiger partial charge in [0.05, 0.1) is 19.6 Å². The highest BCUT2D eigenvalue weighted by molar-refractivity contribution is 5.50. The van der Waals surface area contributed by atoms with E-state index in [0.717, 1.165) is 11.1 Å². The summed E-state index contributed by atoms with van der Waals surface area (Å²) in [5.74, 6) is 0.828. The number of phenols is 1. The van der Waals surface area contributed by atoms with Gasteiger partial charge in [-0.1, -0.05) is 19.9 Å². The molecule has 0 radical (unpaired) electrons. The SMILES string of the molecule is COc1c(O)cc(C(C)C)cc1CC#N. The summed E-state index contributed by atoms with van der Waals surface area (Å²) in [6, 6.07) is 5.66. The van der Waals surface area contributed by atoms with Crippen molar-refractivity contribution in [3.05, 3.63) is 23.3 Å². The first-order chi connectivity index (χ1) is 7.10. The van der Waals surface area contributed by atoms with E-state index in [4.69, 9.17) is 10.00 Å². The van der Waals surface area contributed by atoms with Crippen molar-refractivity contribution in [2.24, 2.45) is 0 Å². The molecule has 80 valence electrons. The highest BCUT2D eigenvalue weighted by Gasteiger charge is 2.12. The zero-order chi connectivity index (χ0) is 11.4. The number of benzene rings is 1. The smallest absolute Gasteiger partial charge is 0.164 e. The molecule has 0 saturated heterocycles. The summed E-state index contributed by atoms with van der Waals surface area (Å²) in [7, 11) is 1.49. The lowest BCUT2D eigenvalue weighted by Crippen LogP contribution is -1.96. The van der Waals surface area contributed by atoms with E-state index >= 15 is 0 Å². The van der Waals surface area contributed by atoms with Crippen LogP contribution in [0.5, 0.6) is 11.5 Å². The number of phenolic OH excluding ortho intramolecular Hbond substituents is 1. The van der Waals surface area contributed by atoms with Crippen LogP contribution in [-0.4, -0.2) is 12.2 Å². The lowest BCUT2D eigenvalue weighted by atomic mass is 9.98. The van der Waals surface area contributed by atoms with Crippen LogP contribution in [0.3, 0.4) is 0 Å². The van der Waals surface area contributed by atoms with E-state index in [0.29, 0.717) is 11.7 Å². The maximum absolute atomic E-state index is 9.71. The Morgan fingerprint density at radius 3 is 2.60 bits per heavy atom. The topological polar surface area (TPSA) is 53.2 Å². The van der Waals surface area contributed by atoms with Crippen LogP contribution in [0, 0.1) is 11.3 Å². The Hall–Kier alpha value is -1.69. The van der Waals surface area contributed by atoms with Crippen LogP contribution >= 0.6 is 0 Å². The fourth-order valence-corrected chi connectivity index (χ4v) is 1.48. The summed E-state index contributed by atoms with van der Waals surface area (Å²) in [5.41, 5.74) is 1.75. The summed E-state index contributed by atoms with van der Waals surface area (Å²) in [6.07, 6.45) is 0.247. The maximum atomic E-state index is 9.71. The molecule has 3 nitrogen and oxygen atoms in total. The second-order valence-electron chi connectivity index (χ2n) is 3.72. The highest BCUT2D eigenvalue weighted by Crippen LogP contribution is 2.34. The third-order valence-electron chi connectivity index (χ3n) is 2.31. The van der Waals surface area contributed by atoms with E-state index in [1.807, 2.05) is 19.9 Å². The summed E-state index contributed by atoms with van der Waals surface area (Å²) >= 11 is 0. The van der Waals surface area contributed by atoms with Crippen molar-refractivity contribution in [3.63, 3.8) is 0 Å². The number of nitriles is 1. The molecule has 1 N–H and O–H groups in total. The van der Waals surface area contributed by atoms with Gasteiger partial charge in [-0.25, -0.2) is 0 Å². The Morgan fingerprint density at radius 1 is 1.47 bits per heavy atom. The van der Waals surface area contributed by atoms with Crippen molar-refractivity contribution in [1.29, 1.82) is 5.26 Å². The van der Waals surface area contributed by atoms with Gasteiger partial charge in [0.2, 0.25) is 0 Å². The van der Waals surface area contributed by atoms with Gasteiger partial charge in [-0.15, -0.1) is 0 Å². The number of aromatic hydroxyl groups is 1. The molecule has 0 heterocycles. The van der Waals surface area contributed by atoms with Gasteiger partial charge in [-0.2, -0.15) is 5.26 Å². The van der Waals surface area contributed by atoms with Gasteiger partial charge in [-0.3, -0.25) is 0 Å². The van der Waals surface area contributed by atoms with Gasteiger partial charge < -0.3 is 9.84 Å². The van der Waals surface area contributed by atoms with Crippen LogP contribution in [0.2, 0.25) is 0 Å². The molecule has 0 fully saturated rings. The fraction of sp³-hybridized carbons (Fsp3) is 0.417. The van der Waals surface area contributed by atoms with E-state index in [1.54, 1.807) is 6.07 Å². The monoisotopic (exact) mass is 205 g/mol. The minimum Gasteiger partial charge on any atom is -0.504 e. The second kappa shape index (κ2) is 4.70. The van der Waals surface area contributed by atoms with Crippen molar-refractivity contribution in [2.45, 2.75) is 26.2 Å². The predicted octanol–water partition coefficient (Wildman–Crippen LogP) is 2.59. The lowest BCUT2D eigenvalue weighted by molar-refractivity contribution is 0.369. The Morgan fingerprint density at radius 2 is 2.13 bits per heavy atom. The van der Waals surface area contributed by atoms with Crippen molar-refractivity contribution in [2.75, 3.05) is 7.11 Å². The molecule has 1 rings (SSSR count). The van der Waals surface area contributed by atoms with E-state index in [1.165, 1.54) is 7.11 Å². The van der Waals surface area contributed by atoms with Gasteiger partial charge in [-0.05, 0) is 17.5 Å². The first kappa shape index (κ1) is 11.4. The normalized spacial score (nSPS) is 10.1. The standard InChI is InChI=1S/C12H15NO2/c1-8(2)10-6-9(4-5-13)12(15-3)11(14)7-10/h6-8,14H,4H2,1-3H3. The molecule has 0 bridgehead atoms. The Bertz CT molecular complexity index is 391. The highest BCUT2D eigenvalue weighted by atomic mass is 16.5. The van der Waals surface area contributed by atoms with Crippen molar-refractivity contribution >= 4 is 0 Å². The molecule has 0 unspecified atom stereocenters. The van der Waals surface area contributed by atoms with E-state index < -0.39 is 0 Å². The van der Waals surface area contributed by atoms with Gasteiger partial charge >= 0.3 is 0 Å². The molecule has 0 aliphatic heterocycles. The maximum Gasteiger partial charge on any atom is 0.164 e. The van der Waals surface area contributed by atoms with Crippen molar-refractivity contribution in [1.82, 2.24) is 0 Å². The molecule has 0 amide bonds. The number of methoxy groups -OCH3 is 1. The molecule has 0 spiro atoms. The minimum atomic E-state index is 0.106. The molecule has 0 aromatic heterocycles. The quantitative estimate of drug-likeness (QED) is 0.825. The van der Waals surface area contributed by atoms with E-state index in [9.17, 15) is 5.11 Å². The van der Waals surface area contributed by atoms with Crippen molar-refractivity contribution in [3.8, 4) is 17.6 Å². The molecule has 0 saturated carbocycles. The molecule has 0 atom stereocenters. The fourth-order valence-electron chi connectivity index (χ4n) is 1.48. The van der Waals surface area contributed by atoms with E-state index in [-0.39, 0.29) is 12.2 Å². The average molecular weight is 205 g/mol. The Balaban J connectivity index is 3.26. The van der Waals surface area contributed by atoms with Gasteiger partial charge in [0.25, 0.3) is 0 Å². The zero-order valence-electron chi connectivity index (χ0n) is 9.24. The van der Waals surface area contributed by atoms with Crippen LogP contribution in [0.4, 0.5) is 0 Å². The molecule has 15 heavy (non-hydrogen) atoms. The molecule has 3 heteroatoms. The van der Waals surface area contributed by atoms with Gasteiger partial charge in [0.15, 0.2) is 11.5 Å². The molecular weight excluding hydrogens is 190 g/mol. The number of nitrogens with zero attached hydrogens (tertiary/aromatic N) is 1. The first-order valence-electron chi connectivity index (χ1n) is 4.86. The summed E-state index contributed by atoms with van der Waals surface area (Å²) in [5, 5.41) is 18.4. The third-order valence-corrected chi connectivity index (χ3v) is 2.31. The van der Waals surface area contributed by atoms with Crippen LogP contribution in [-0.2, 0) is 6.42 Å². The largest absolute Gasteiger partial charge is 0.504 e. The van der Waals surface area contributed by atoms with E-state index in [2.05, 4.69) is 6.07 Å². The summed E-state index contributed by atoms with van der Waals surface area (Å²) in [4.78, 5) is 0. The third kappa shape index (κ3) is 2.41. The number of rotatable bonds is 3. The number of hydrogen-bond acceptors (Lipinski definition) is 3. The number of ether oxygens (including phenoxy) is 1. The summed E-state index contributed by atoms with van der Waals surface area (Å²) in [6.45, 7) is 4.08. The summed E-state index contributed by atoms with van der Waals surface area (Å²) < 4.78 is 5.06. The second-order valence-corrected chi connectivity index (χ2v) is 3.72. The van der Waals surface area contributed by atoms with Crippen LogP contribution in [0.25, 0.3) is 0 Å². The lowest BCUT2D eigenvalue weighted by Gasteiger charge is -2.12. The molecule has 1 aromatic carbocycles. The number of hydrogen-bond donors (Lipinski definition) is 1. The minimum absolute atomic E-state index is 0.106. The van der Waals surface area contributed by atoms with Gasteiger partial charge in [0, 0.05) is 5.56 Å². The van der Waals surface area contributed by atoms with Gasteiger partial charge in [0.1, 0.15) is 0 Å². The predicted molar refractivity (Wildman–Crippen MR) is 58.1 cm³/mol. The van der Waals surface area contributed by atoms with Crippen LogP contribution < -0.4 is 4.74 Å². The molecular formula is C12H15NO2. The molecule has 0 aliphatic carbocycles. The molecule has 1 aromatic rings. The van der Waals surface area contributed by atoms with Crippen molar-refractivity contribution < 1.29 is 9.84 Å². The zero-order valence-corrected chi connectivity index (χ0v) is 9.24. The van der Waals surface area contributed by atoms with Crippen LogP contribution in [0.1, 0.15) is 30.9 Å². The Kier molecular flexibility index (Phi) is 3.56. The first-order valence-corrected chi connectivity index (χ1v) is 4.86. The Labute approximate surface area is 89.9 Å².